The topological polar surface area (TPSA) is 173 Å². The first-order chi connectivity index (χ1) is 12.4. The largest absolute Gasteiger partial charge is 0.398 e. The summed E-state index contributed by atoms with van der Waals surface area (Å²) in [6.45, 7) is 0. The molecule has 0 unspecified atom stereocenters. The van der Waals surface area contributed by atoms with E-state index in [9.17, 15) is 34.7 Å². The Kier molecular flexibility index (Phi) is 4.30. The maximum Gasteiger partial charge on any atom is 0.314 e. The quantitative estimate of drug-likeness (QED) is 0.412. The molecule has 0 fully saturated rings. The Bertz CT molecular complexity index is 1290. The van der Waals surface area contributed by atoms with Crippen LogP contribution in [0, 0.1) is 12.2 Å². The highest BCUT2D eigenvalue weighted by Crippen LogP contribution is 2.39. The molecule has 4 N–H and O–H groups in total. The number of nitrogen functional groups attached to an aromatic ring is 1. The van der Waals surface area contributed by atoms with Crippen LogP contribution in [0.2, 0.25) is 0 Å². The monoisotopic (exact) mass is 418 g/mol. The molecule has 0 aliphatic carbocycles. The molecule has 0 aliphatic rings. The number of rotatable bonds is 3. The van der Waals surface area contributed by atoms with Crippen LogP contribution in [0.15, 0.2) is 34.1 Å². The van der Waals surface area contributed by atoms with Gasteiger partial charge in [0.1, 0.15) is 9.79 Å². The maximum absolute atomic E-state index is 13.4. The summed E-state index contributed by atoms with van der Waals surface area (Å²) in [6, 6.07) is 3.79. The summed E-state index contributed by atoms with van der Waals surface area (Å²) in [4.78, 5) is 7.53. The number of benzene rings is 2. The Morgan fingerprint density at radius 1 is 0.889 bits per heavy atom. The van der Waals surface area contributed by atoms with Crippen molar-refractivity contribution in [3.63, 3.8) is 0 Å². The lowest BCUT2D eigenvalue weighted by Gasteiger charge is -2.14. The van der Waals surface area contributed by atoms with E-state index in [0.717, 1.165) is 24.3 Å². The molecule has 0 amide bonds. The van der Waals surface area contributed by atoms with Gasteiger partial charge in [0.2, 0.25) is 0 Å². The molecule has 0 bridgehead atoms. The summed E-state index contributed by atoms with van der Waals surface area (Å²) in [5.74, 6) is -0.750. The third kappa shape index (κ3) is 3.42. The van der Waals surface area contributed by atoms with Crippen LogP contribution in [0.25, 0.3) is 22.2 Å². The Labute approximate surface area is 150 Å². The van der Waals surface area contributed by atoms with Crippen molar-refractivity contribution in [2.45, 2.75) is 9.79 Å². The summed E-state index contributed by atoms with van der Waals surface area (Å²) >= 11 is 0. The second kappa shape index (κ2) is 6.12. The molecule has 2 aromatic carbocycles. The molecule has 14 heteroatoms. The van der Waals surface area contributed by atoms with E-state index in [1.807, 2.05) is 0 Å². The molecule has 1 aromatic heterocycles. The van der Waals surface area contributed by atoms with Crippen molar-refractivity contribution < 1.29 is 34.7 Å². The minimum absolute atomic E-state index is 0.405. The van der Waals surface area contributed by atoms with Crippen LogP contribution in [-0.2, 0) is 20.2 Å². The van der Waals surface area contributed by atoms with Gasteiger partial charge in [-0.2, -0.15) is 40.6 Å². The van der Waals surface area contributed by atoms with Gasteiger partial charge in [0.05, 0.1) is 5.56 Å². The van der Waals surface area contributed by atoms with Gasteiger partial charge in [-0.3, -0.25) is 9.11 Å². The van der Waals surface area contributed by atoms with E-state index in [1.54, 1.807) is 0 Å². The first-order valence-electron chi connectivity index (χ1n) is 6.77. The van der Waals surface area contributed by atoms with Crippen LogP contribution >= 0.6 is 0 Å². The summed E-state index contributed by atoms with van der Waals surface area (Å²) in [6.07, 6.45) is -3.10. The highest BCUT2D eigenvalue weighted by Gasteiger charge is 2.26. The average molecular weight is 418 g/mol. The minimum Gasteiger partial charge on any atom is -0.398 e. The second-order valence-electron chi connectivity index (χ2n) is 5.16. The molecule has 3 rings (SSSR count). The van der Waals surface area contributed by atoms with E-state index >= 15 is 0 Å². The fraction of sp³-hybridized carbons (Fsp3) is 0. The zero-order chi connectivity index (χ0) is 20.1. The molecule has 0 aliphatic heterocycles. The number of halogens is 2. The standard InChI is InChI=1S/C13H8F2N4O6S2/c14-12-17-11(18-13(15)19-12)10-6(16)4-8(27(23,24)25)5-2-1-3-7(9(5)10)26(20,21)22/h1-4H,16H2,(H,20,21,22)(H,23,24,25). The van der Waals surface area contributed by atoms with Crippen molar-refractivity contribution >= 4 is 36.7 Å². The Balaban J connectivity index is 2.64. The molecule has 0 atom stereocenters. The summed E-state index contributed by atoms with van der Waals surface area (Å²) in [5.41, 5.74) is 4.72. The van der Waals surface area contributed by atoms with Gasteiger partial charge in [-0.1, -0.05) is 12.1 Å². The molecule has 27 heavy (non-hydrogen) atoms. The van der Waals surface area contributed by atoms with Crippen LogP contribution in [0.5, 0.6) is 0 Å². The minimum atomic E-state index is -4.95. The molecule has 142 valence electrons. The smallest absolute Gasteiger partial charge is 0.314 e. The van der Waals surface area contributed by atoms with Crippen LogP contribution in [0.4, 0.5) is 14.5 Å². The normalized spacial score (nSPS) is 12.4. The highest BCUT2D eigenvalue weighted by molar-refractivity contribution is 7.86. The summed E-state index contributed by atoms with van der Waals surface area (Å²) in [5, 5.41) is -0.962. The lowest BCUT2D eigenvalue weighted by atomic mass is 10.0. The number of nitrogens with zero attached hydrogens (tertiary/aromatic N) is 3. The summed E-state index contributed by atoms with van der Waals surface area (Å²) < 4.78 is 92.4. The van der Waals surface area contributed by atoms with Gasteiger partial charge in [-0.25, -0.2) is 0 Å². The fourth-order valence-electron chi connectivity index (χ4n) is 2.54. The van der Waals surface area contributed by atoms with E-state index in [-0.39, 0.29) is 0 Å². The van der Waals surface area contributed by atoms with Crippen LogP contribution in [0.1, 0.15) is 0 Å². The van der Waals surface area contributed by atoms with Crippen molar-refractivity contribution in [3.8, 4) is 11.4 Å². The van der Waals surface area contributed by atoms with Gasteiger partial charge in [-0.05, 0) is 12.1 Å². The molecule has 10 nitrogen and oxygen atoms in total. The SMILES string of the molecule is Nc1cc(S(=O)(=O)O)c2cccc(S(=O)(=O)O)c2c1-c1nc(F)nc(F)n1. The van der Waals surface area contributed by atoms with Gasteiger partial charge in [0, 0.05) is 16.5 Å². The molecule has 1 heterocycles. The molecular weight excluding hydrogens is 410 g/mol. The van der Waals surface area contributed by atoms with Crippen LogP contribution in [0.3, 0.4) is 0 Å². The van der Waals surface area contributed by atoms with Crippen molar-refractivity contribution in [2.24, 2.45) is 0 Å². The number of hydrogen-bond acceptors (Lipinski definition) is 8. The molecule has 0 spiro atoms. The molecule has 0 saturated heterocycles. The van der Waals surface area contributed by atoms with Gasteiger partial charge in [0.15, 0.2) is 5.82 Å². The average Bonchev–Trinajstić information content (AvgIpc) is 2.50. The van der Waals surface area contributed by atoms with Gasteiger partial charge >= 0.3 is 12.2 Å². The van der Waals surface area contributed by atoms with E-state index in [0.29, 0.717) is 0 Å². The Morgan fingerprint density at radius 3 is 1.96 bits per heavy atom. The van der Waals surface area contributed by atoms with Gasteiger partial charge in [-0.15, -0.1) is 0 Å². The van der Waals surface area contributed by atoms with Crippen molar-refractivity contribution in [1.29, 1.82) is 0 Å². The first kappa shape index (κ1) is 19.0. The number of hydrogen-bond donors (Lipinski definition) is 3. The lowest BCUT2D eigenvalue weighted by molar-refractivity contribution is 0.457. The third-order valence-corrected chi connectivity index (χ3v) is 5.27. The van der Waals surface area contributed by atoms with E-state index < -0.39 is 70.0 Å². The van der Waals surface area contributed by atoms with E-state index in [4.69, 9.17) is 5.73 Å². The van der Waals surface area contributed by atoms with Crippen molar-refractivity contribution in [3.05, 3.63) is 36.4 Å². The summed E-state index contributed by atoms with van der Waals surface area (Å²) in [7, 11) is -9.84. The number of anilines is 1. The van der Waals surface area contributed by atoms with E-state index in [1.165, 1.54) is 0 Å². The maximum atomic E-state index is 13.4. The predicted molar refractivity (Wildman–Crippen MR) is 86.7 cm³/mol. The zero-order valence-electron chi connectivity index (χ0n) is 12.8. The predicted octanol–water partition coefficient (Wildman–Crippen LogP) is 1.05. The lowest BCUT2D eigenvalue weighted by Crippen LogP contribution is -2.08. The molecule has 3 aromatic rings. The van der Waals surface area contributed by atoms with Crippen molar-refractivity contribution in [2.75, 3.05) is 5.73 Å². The van der Waals surface area contributed by atoms with Crippen LogP contribution < -0.4 is 5.73 Å². The Morgan fingerprint density at radius 2 is 1.44 bits per heavy atom. The Hall–Kier alpha value is -2.81. The fourth-order valence-corrected chi connectivity index (χ4v) is 3.98. The molecular formula is C13H8F2N4O6S2. The number of aromatic nitrogens is 3. The number of nitrogens with two attached hydrogens (primary N) is 1. The highest BCUT2D eigenvalue weighted by atomic mass is 32.2. The van der Waals surface area contributed by atoms with E-state index in [2.05, 4.69) is 15.0 Å². The second-order valence-corrected chi connectivity index (χ2v) is 7.94. The molecule has 0 radical (unpaired) electrons. The van der Waals surface area contributed by atoms with Crippen molar-refractivity contribution in [1.82, 2.24) is 15.0 Å². The first-order valence-corrected chi connectivity index (χ1v) is 9.65. The zero-order valence-corrected chi connectivity index (χ0v) is 14.5. The van der Waals surface area contributed by atoms with Crippen LogP contribution in [-0.4, -0.2) is 40.9 Å². The molecule has 0 saturated carbocycles. The third-order valence-electron chi connectivity index (χ3n) is 3.48. The van der Waals surface area contributed by atoms with Gasteiger partial charge in [0.25, 0.3) is 20.2 Å². The van der Waals surface area contributed by atoms with Gasteiger partial charge < -0.3 is 5.73 Å². The number of fused-ring (bicyclic) bond motifs is 1.